The number of para-hydroxylation sites is 1. The topological polar surface area (TPSA) is 58.1 Å². The Morgan fingerprint density at radius 1 is 0.966 bits per heavy atom. The van der Waals surface area contributed by atoms with Crippen LogP contribution in [0.4, 0.5) is 0 Å². The van der Waals surface area contributed by atoms with Crippen molar-refractivity contribution in [3.05, 3.63) is 60.3 Å². The van der Waals surface area contributed by atoms with Crippen LogP contribution in [0.1, 0.15) is 42.5 Å². The van der Waals surface area contributed by atoms with E-state index in [2.05, 4.69) is 15.2 Å². The summed E-state index contributed by atoms with van der Waals surface area (Å²) in [4.78, 5) is 24.6. The van der Waals surface area contributed by atoms with E-state index in [0.29, 0.717) is 12.1 Å². The SMILES string of the molecule is O=C(NCCCN1CCCCCC1)c1cc(-c2ccccn2)nc2ccccc12. The van der Waals surface area contributed by atoms with Crippen LogP contribution in [-0.2, 0) is 0 Å². The number of carbonyl (C=O) groups is 1. The van der Waals surface area contributed by atoms with Gasteiger partial charge < -0.3 is 10.2 Å². The molecule has 1 aromatic carbocycles. The first kappa shape index (κ1) is 19.5. The molecule has 150 valence electrons. The molecule has 0 unspecified atom stereocenters. The second-order valence-corrected chi connectivity index (χ2v) is 7.65. The smallest absolute Gasteiger partial charge is 0.252 e. The van der Waals surface area contributed by atoms with E-state index in [0.717, 1.165) is 35.3 Å². The maximum absolute atomic E-state index is 13.0. The quantitative estimate of drug-likeness (QED) is 0.640. The second-order valence-electron chi connectivity index (χ2n) is 7.65. The fraction of sp³-hybridized carbons (Fsp3) is 0.375. The fourth-order valence-electron chi connectivity index (χ4n) is 3.97. The van der Waals surface area contributed by atoms with Crippen LogP contribution < -0.4 is 5.32 Å². The van der Waals surface area contributed by atoms with E-state index in [-0.39, 0.29) is 5.91 Å². The number of rotatable bonds is 6. The third-order valence-electron chi connectivity index (χ3n) is 5.52. The third kappa shape index (κ3) is 4.98. The molecule has 1 amide bonds. The van der Waals surface area contributed by atoms with Crippen LogP contribution >= 0.6 is 0 Å². The lowest BCUT2D eigenvalue weighted by Crippen LogP contribution is -2.30. The van der Waals surface area contributed by atoms with Gasteiger partial charge in [0.25, 0.3) is 5.91 Å². The van der Waals surface area contributed by atoms with Gasteiger partial charge in [0, 0.05) is 18.1 Å². The zero-order valence-corrected chi connectivity index (χ0v) is 16.8. The minimum absolute atomic E-state index is 0.0448. The molecule has 3 aromatic rings. The summed E-state index contributed by atoms with van der Waals surface area (Å²) in [6.07, 6.45) is 8.01. The van der Waals surface area contributed by atoms with E-state index in [1.54, 1.807) is 6.20 Å². The summed E-state index contributed by atoms with van der Waals surface area (Å²) in [6.45, 7) is 4.12. The van der Waals surface area contributed by atoms with Gasteiger partial charge in [0.2, 0.25) is 0 Å². The van der Waals surface area contributed by atoms with Gasteiger partial charge in [-0.25, -0.2) is 4.98 Å². The van der Waals surface area contributed by atoms with Gasteiger partial charge in [-0.2, -0.15) is 0 Å². The van der Waals surface area contributed by atoms with Gasteiger partial charge in [-0.15, -0.1) is 0 Å². The van der Waals surface area contributed by atoms with Crippen LogP contribution in [0.5, 0.6) is 0 Å². The zero-order valence-electron chi connectivity index (χ0n) is 16.8. The molecule has 4 rings (SSSR count). The number of hydrogen-bond acceptors (Lipinski definition) is 4. The Bertz CT molecular complexity index is 950. The number of hydrogen-bond donors (Lipinski definition) is 1. The predicted molar refractivity (Wildman–Crippen MR) is 117 cm³/mol. The standard InChI is InChI=1S/C24H28N4O/c29-24(26-14-9-17-28-15-7-1-2-8-16-28)20-18-23(22-12-5-6-13-25-22)27-21-11-4-3-10-19(20)21/h3-6,10-13,18H,1-2,7-9,14-17H2,(H,26,29). The fourth-order valence-corrected chi connectivity index (χ4v) is 3.97. The molecular weight excluding hydrogens is 360 g/mol. The van der Waals surface area contributed by atoms with Crippen molar-refractivity contribution in [2.24, 2.45) is 0 Å². The monoisotopic (exact) mass is 388 g/mol. The van der Waals surface area contributed by atoms with Crippen LogP contribution in [0.15, 0.2) is 54.7 Å². The first-order valence-electron chi connectivity index (χ1n) is 10.6. The Hall–Kier alpha value is -2.79. The van der Waals surface area contributed by atoms with Crippen molar-refractivity contribution < 1.29 is 4.79 Å². The highest BCUT2D eigenvalue weighted by atomic mass is 16.1. The van der Waals surface area contributed by atoms with E-state index in [1.807, 2.05) is 48.5 Å². The van der Waals surface area contributed by atoms with Crippen LogP contribution in [-0.4, -0.2) is 47.0 Å². The van der Waals surface area contributed by atoms with Gasteiger partial charge in [0.1, 0.15) is 0 Å². The minimum Gasteiger partial charge on any atom is -0.352 e. The average molecular weight is 389 g/mol. The minimum atomic E-state index is -0.0448. The van der Waals surface area contributed by atoms with Crippen LogP contribution in [0.2, 0.25) is 0 Å². The van der Waals surface area contributed by atoms with E-state index < -0.39 is 0 Å². The summed E-state index contributed by atoms with van der Waals surface area (Å²) >= 11 is 0. The largest absolute Gasteiger partial charge is 0.352 e. The Kier molecular flexibility index (Phi) is 6.47. The zero-order chi connectivity index (χ0) is 19.9. The molecule has 0 saturated carbocycles. The van der Waals surface area contributed by atoms with Crippen molar-refractivity contribution in [2.45, 2.75) is 32.1 Å². The number of fused-ring (bicyclic) bond motifs is 1. The molecule has 3 heterocycles. The molecule has 1 aliphatic heterocycles. The lowest BCUT2D eigenvalue weighted by molar-refractivity contribution is 0.0953. The first-order chi connectivity index (χ1) is 14.3. The van der Waals surface area contributed by atoms with Gasteiger partial charge in [0.05, 0.1) is 22.5 Å². The summed E-state index contributed by atoms with van der Waals surface area (Å²) in [6, 6.07) is 15.4. The molecule has 0 atom stereocenters. The molecule has 1 fully saturated rings. The Morgan fingerprint density at radius 3 is 2.55 bits per heavy atom. The number of pyridine rings is 2. The normalized spacial score (nSPS) is 15.2. The second kappa shape index (κ2) is 9.61. The molecule has 0 radical (unpaired) electrons. The van der Waals surface area contributed by atoms with Crippen molar-refractivity contribution in [1.82, 2.24) is 20.2 Å². The molecule has 5 heteroatoms. The number of carbonyl (C=O) groups excluding carboxylic acids is 1. The summed E-state index contributed by atoms with van der Waals surface area (Å²) in [5.41, 5.74) is 2.96. The molecule has 1 aliphatic rings. The van der Waals surface area contributed by atoms with Gasteiger partial charge >= 0.3 is 0 Å². The Morgan fingerprint density at radius 2 is 1.76 bits per heavy atom. The van der Waals surface area contributed by atoms with Gasteiger partial charge in [0.15, 0.2) is 0 Å². The number of likely N-dealkylation sites (tertiary alicyclic amines) is 1. The number of nitrogens with zero attached hydrogens (tertiary/aromatic N) is 3. The van der Waals surface area contributed by atoms with E-state index >= 15 is 0 Å². The molecule has 0 spiro atoms. The van der Waals surface area contributed by atoms with Gasteiger partial charge in [-0.1, -0.05) is 37.1 Å². The molecular formula is C24H28N4O. The molecule has 0 aliphatic carbocycles. The van der Waals surface area contributed by atoms with Crippen molar-refractivity contribution in [1.29, 1.82) is 0 Å². The van der Waals surface area contributed by atoms with E-state index in [4.69, 9.17) is 4.98 Å². The highest BCUT2D eigenvalue weighted by Crippen LogP contribution is 2.23. The third-order valence-corrected chi connectivity index (χ3v) is 5.52. The van der Waals surface area contributed by atoms with Crippen molar-refractivity contribution in [3.8, 4) is 11.4 Å². The lowest BCUT2D eigenvalue weighted by Gasteiger charge is -2.19. The van der Waals surface area contributed by atoms with E-state index in [9.17, 15) is 4.79 Å². The van der Waals surface area contributed by atoms with Crippen molar-refractivity contribution >= 4 is 16.8 Å². The summed E-state index contributed by atoms with van der Waals surface area (Å²) in [5, 5.41) is 3.98. The number of aromatic nitrogens is 2. The maximum atomic E-state index is 13.0. The highest BCUT2D eigenvalue weighted by molar-refractivity contribution is 6.07. The molecule has 1 N–H and O–H groups in total. The molecule has 0 bridgehead atoms. The van der Waals surface area contributed by atoms with Gasteiger partial charge in [-0.05, 0) is 63.2 Å². The van der Waals surface area contributed by atoms with Crippen LogP contribution in [0, 0.1) is 0 Å². The molecule has 1 saturated heterocycles. The lowest BCUT2D eigenvalue weighted by atomic mass is 10.1. The highest BCUT2D eigenvalue weighted by Gasteiger charge is 2.14. The average Bonchev–Trinajstić information content (AvgIpc) is 3.05. The Balaban J connectivity index is 1.46. The van der Waals surface area contributed by atoms with Crippen LogP contribution in [0.25, 0.3) is 22.3 Å². The summed E-state index contributed by atoms with van der Waals surface area (Å²) < 4.78 is 0. The molecule has 5 nitrogen and oxygen atoms in total. The van der Waals surface area contributed by atoms with E-state index in [1.165, 1.54) is 38.8 Å². The summed E-state index contributed by atoms with van der Waals surface area (Å²) in [5.74, 6) is -0.0448. The molecule has 29 heavy (non-hydrogen) atoms. The maximum Gasteiger partial charge on any atom is 0.252 e. The van der Waals surface area contributed by atoms with Crippen molar-refractivity contribution in [2.75, 3.05) is 26.2 Å². The Labute approximate surface area is 172 Å². The van der Waals surface area contributed by atoms with Crippen molar-refractivity contribution in [3.63, 3.8) is 0 Å². The number of amides is 1. The summed E-state index contributed by atoms with van der Waals surface area (Å²) in [7, 11) is 0. The molecule has 2 aromatic heterocycles. The predicted octanol–water partition coefficient (Wildman–Crippen LogP) is 4.29. The number of benzene rings is 1. The van der Waals surface area contributed by atoms with Crippen LogP contribution in [0.3, 0.4) is 0 Å². The van der Waals surface area contributed by atoms with Gasteiger partial charge in [-0.3, -0.25) is 9.78 Å². The first-order valence-corrected chi connectivity index (χ1v) is 10.6. The number of nitrogens with one attached hydrogen (secondary N) is 1.